The summed E-state index contributed by atoms with van der Waals surface area (Å²) in [6.45, 7) is 6.10. The van der Waals surface area contributed by atoms with E-state index in [1.54, 1.807) is 0 Å². The summed E-state index contributed by atoms with van der Waals surface area (Å²) in [6.07, 6.45) is 2.34. The standard InChI is InChI=1S/C12H26N2O/c1-9-5-6-12(10(9)2)13-7-11(15)8-14(3)4/h9-13,15H,5-8H2,1-4H3. The lowest BCUT2D eigenvalue weighted by atomic mass is 9.98. The van der Waals surface area contributed by atoms with Crippen molar-refractivity contribution in [3.8, 4) is 0 Å². The Balaban J connectivity index is 2.19. The van der Waals surface area contributed by atoms with Crippen LogP contribution < -0.4 is 5.32 Å². The fraction of sp³-hybridized carbons (Fsp3) is 1.00. The highest BCUT2D eigenvalue weighted by atomic mass is 16.3. The molecule has 0 aromatic heterocycles. The summed E-state index contributed by atoms with van der Waals surface area (Å²) in [5.74, 6) is 1.57. The van der Waals surface area contributed by atoms with Crippen LogP contribution in [-0.4, -0.2) is 49.3 Å². The first-order chi connectivity index (χ1) is 7.00. The highest BCUT2D eigenvalue weighted by molar-refractivity contribution is 4.85. The molecule has 1 saturated carbocycles. The molecule has 1 aliphatic rings. The molecular weight excluding hydrogens is 188 g/mol. The Morgan fingerprint density at radius 3 is 2.47 bits per heavy atom. The van der Waals surface area contributed by atoms with E-state index >= 15 is 0 Å². The predicted molar refractivity (Wildman–Crippen MR) is 63.9 cm³/mol. The van der Waals surface area contributed by atoms with Crippen LogP contribution in [0.15, 0.2) is 0 Å². The Bertz CT molecular complexity index is 184. The van der Waals surface area contributed by atoms with Gasteiger partial charge in [-0.25, -0.2) is 0 Å². The number of nitrogens with zero attached hydrogens (tertiary/aromatic N) is 1. The van der Waals surface area contributed by atoms with Crippen LogP contribution in [0.4, 0.5) is 0 Å². The van der Waals surface area contributed by atoms with E-state index in [2.05, 4.69) is 19.2 Å². The van der Waals surface area contributed by atoms with Gasteiger partial charge in [-0.1, -0.05) is 13.8 Å². The number of aliphatic hydroxyl groups excluding tert-OH is 1. The van der Waals surface area contributed by atoms with Gasteiger partial charge >= 0.3 is 0 Å². The zero-order chi connectivity index (χ0) is 11.4. The normalized spacial score (nSPS) is 33.6. The van der Waals surface area contributed by atoms with Crippen LogP contribution in [0.1, 0.15) is 26.7 Å². The van der Waals surface area contributed by atoms with Gasteiger partial charge in [0, 0.05) is 19.1 Å². The first-order valence-electron chi connectivity index (χ1n) is 6.07. The SMILES string of the molecule is CC1CCC(NCC(O)CN(C)C)C1C. The van der Waals surface area contributed by atoms with Gasteiger partial charge in [0.2, 0.25) is 0 Å². The van der Waals surface area contributed by atoms with E-state index in [1.807, 2.05) is 19.0 Å². The lowest BCUT2D eigenvalue weighted by Crippen LogP contribution is -2.41. The molecule has 1 fully saturated rings. The summed E-state index contributed by atoms with van der Waals surface area (Å²) in [5.41, 5.74) is 0. The van der Waals surface area contributed by atoms with Gasteiger partial charge in [-0.2, -0.15) is 0 Å². The Hall–Kier alpha value is -0.120. The fourth-order valence-electron chi connectivity index (χ4n) is 2.43. The second kappa shape index (κ2) is 5.83. The molecule has 3 heteroatoms. The van der Waals surface area contributed by atoms with Crippen molar-refractivity contribution >= 4 is 0 Å². The largest absolute Gasteiger partial charge is 0.390 e. The van der Waals surface area contributed by atoms with Crippen LogP contribution in [0.3, 0.4) is 0 Å². The molecular formula is C12H26N2O. The molecule has 0 spiro atoms. The maximum atomic E-state index is 9.73. The van der Waals surface area contributed by atoms with Gasteiger partial charge in [0.15, 0.2) is 0 Å². The van der Waals surface area contributed by atoms with Crippen LogP contribution in [-0.2, 0) is 0 Å². The van der Waals surface area contributed by atoms with Crippen molar-refractivity contribution in [2.24, 2.45) is 11.8 Å². The zero-order valence-electron chi connectivity index (χ0n) is 10.5. The van der Waals surface area contributed by atoms with Crippen LogP contribution >= 0.6 is 0 Å². The Morgan fingerprint density at radius 2 is 2.00 bits per heavy atom. The van der Waals surface area contributed by atoms with E-state index in [0.717, 1.165) is 24.9 Å². The summed E-state index contributed by atoms with van der Waals surface area (Å²) in [6, 6.07) is 0.608. The Kier molecular flexibility index (Phi) is 5.03. The molecule has 0 heterocycles. The molecule has 0 aliphatic heterocycles. The Labute approximate surface area is 93.9 Å². The first-order valence-corrected chi connectivity index (χ1v) is 6.07. The summed E-state index contributed by atoms with van der Waals surface area (Å²) in [7, 11) is 3.98. The summed E-state index contributed by atoms with van der Waals surface area (Å²) < 4.78 is 0. The maximum absolute atomic E-state index is 9.73. The second-order valence-electron chi connectivity index (χ2n) is 5.34. The molecule has 90 valence electrons. The highest BCUT2D eigenvalue weighted by Gasteiger charge is 2.29. The molecule has 0 saturated heterocycles. The molecule has 3 nitrogen and oxygen atoms in total. The van der Waals surface area contributed by atoms with Crippen molar-refractivity contribution in [3.05, 3.63) is 0 Å². The van der Waals surface area contributed by atoms with Gasteiger partial charge in [0.1, 0.15) is 0 Å². The van der Waals surface area contributed by atoms with Gasteiger partial charge in [0.05, 0.1) is 6.10 Å². The van der Waals surface area contributed by atoms with E-state index in [1.165, 1.54) is 12.8 Å². The van der Waals surface area contributed by atoms with Crippen molar-refractivity contribution < 1.29 is 5.11 Å². The lowest BCUT2D eigenvalue weighted by Gasteiger charge is -2.23. The smallest absolute Gasteiger partial charge is 0.0791 e. The van der Waals surface area contributed by atoms with Gasteiger partial charge in [-0.3, -0.25) is 0 Å². The van der Waals surface area contributed by atoms with Crippen LogP contribution in [0, 0.1) is 11.8 Å². The van der Waals surface area contributed by atoms with E-state index in [-0.39, 0.29) is 6.10 Å². The molecule has 15 heavy (non-hydrogen) atoms. The summed E-state index contributed by atoms with van der Waals surface area (Å²) in [5, 5.41) is 13.2. The quantitative estimate of drug-likeness (QED) is 0.715. The molecule has 1 rings (SSSR count). The number of likely N-dealkylation sites (N-methyl/N-ethyl adjacent to an activating group) is 1. The number of nitrogens with one attached hydrogen (secondary N) is 1. The third-order valence-corrected chi connectivity index (χ3v) is 3.66. The Morgan fingerprint density at radius 1 is 1.33 bits per heavy atom. The third-order valence-electron chi connectivity index (χ3n) is 3.66. The van der Waals surface area contributed by atoms with Gasteiger partial charge in [-0.15, -0.1) is 0 Å². The fourth-order valence-corrected chi connectivity index (χ4v) is 2.43. The van der Waals surface area contributed by atoms with Crippen molar-refractivity contribution in [1.82, 2.24) is 10.2 Å². The zero-order valence-corrected chi connectivity index (χ0v) is 10.5. The summed E-state index contributed by atoms with van der Waals surface area (Å²) >= 11 is 0. The van der Waals surface area contributed by atoms with Crippen molar-refractivity contribution in [3.63, 3.8) is 0 Å². The molecule has 0 aromatic rings. The minimum atomic E-state index is -0.247. The van der Waals surface area contributed by atoms with Crippen LogP contribution in [0.25, 0.3) is 0 Å². The van der Waals surface area contributed by atoms with E-state index in [9.17, 15) is 5.11 Å². The molecule has 4 atom stereocenters. The van der Waals surface area contributed by atoms with Gasteiger partial charge in [-0.05, 0) is 38.8 Å². The number of hydrogen-bond acceptors (Lipinski definition) is 3. The average molecular weight is 214 g/mol. The number of hydrogen-bond donors (Lipinski definition) is 2. The number of aliphatic hydroxyl groups is 1. The van der Waals surface area contributed by atoms with Crippen molar-refractivity contribution in [1.29, 1.82) is 0 Å². The van der Waals surface area contributed by atoms with Gasteiger partial charge in [0.25, 0.3) is 0 Å². The van der Waals surface area contributed by atoms with E-state index in [0.29, 0.717) is 6.04 Å². The average Bonchev–Trinajstić information content (AvgIpc) is 2.44. The monoisotopic (exact) mass is 214 g/mol. The first kappa shape index (κ1) is 12.9. The maximum Gasteiger partial charge on any atom is 0.0791 e. The molecule has 0 bridgehead atoms. The molecule has 4 unspecified atom stereocenters. The molecule has 0 amide bonds. The van der Waals surface area contributed by atoms with Gasteiger partial charge < -0.3 is 15.3 Å². The summed E-state index contributed by atoms with van der Waals surface area (Å²) in [4.78, 5) is 2.02. The molecule has 1 aliphatic carbocycles. The lowest BCUT2D eigenvalue weighted by molar-refractivity contribution is 0.129. The van der Waals surface area contributed by atoms with Crippen molar-refractivity contribution in [2.75, 3.05) is 27.2 Å². The minimum Gasteiger partial charge on any atom is -0.390 e. The van der Waals surface area contributed by atoms with Crippen molar-refractivity contribution in [2.45, 2.75) is 38.8 Å². The number of rotatable bonds is 5. The molecule has 0 aromatic carbocycles. The van der Waals surface area contributed by atoms with Crippen LogP contribution in [0.5, 0.6) is 0 Å². The molecule has 2 N–H and O–H groups in total. The second-order valence-corrected chi connectivity index (χ2v) is 5.34. The highest BCUT2D eigenvalue weighted by Crippen LogP contribution is 2.30. The topological polar surface area (TPSA) is 35.5 Å². The van der Waals surface area contributed by atoms with E-state index in [4.69, 9.17) is 0 Å². The minimum absolute atomic E-state index is 0.247. The predicted octanol–water partition coefficient (Wildman–Crippen LogP) is 0.933. The third kappa shape index (κ3) is 4.09. The molecule has 0 radical (unpaired) electrons. The van der Waals surface area contributed by atoms with Crippen LogP contribution in [0.2, 0.25) is 0 Å². The van der Waals surface area contributed by atoms with E-state index < -0.39 is 0 Å².